The minimum absolute atomic E-state index is 0.207. The third kappa shape index (κ3) is 6.81. The van der Waals surface area contributed by atoms with Crippen LogP contribution in [0.2, 0.25) is 0 Å². The van der Waals surface area contributed by atoms with Crippen molar-refractivity contribution in [1.29, 1.82) is 0 Å². The highest BCUT2D eigenvalue weighted by atomic mass is 32.1. The zero-order valence-corrected chi connectivity index (χ0v) is 27.0. The van der Waals surface area contributed by atoms with Crippen LogP contribution in [0, 0.1) is 21.9 Å². The first-order valence-electron chi connectivity index (χ1n) is 14.3. The molecule has 0 aliphatic carbocycles. The standard InChI is InChI=1S/C27H22N4OS2.C8H6N2S/c1-4-13-32-21-10-12-25-22(15-21)26(20-8-6-19(7-9-20)17(2)3)28-27(33)31(25)16-18-5-11-23-24(14-18)30-34-29-23;11-8-9-5-6-3-1-2-4-7(6)10-8/h1,5-12,14-15,17H,13,16H2,2-3H3;1-5H,(H,9,10,11). The van der Waals surface area contributed by atoms with Crippen LogP contribution in [0.3, 0.4) is 0 Å². The van der Waals surface area contributed by atoms with Crippen molar-refractivity contribution in [2.45, 2.75) is 26.3 Å². The maximum absolute atomic E-state index is 5.78. The fraction of sp³-hybridized carbons (Fsp3) is 0.143. The highest BCUT2D eigenvalue weighted by Crippen LogP contribution is 2.32. The third-order valence-electron chi connectivity index (χ3n) is 7.31. The molecule has 0 radical (unpaired) electrons. The number of aromatic amines is 1. The van der Waals surface area contributed by atoms with Gasteiger partial charge in [0, 0.05) is 28.0 Å². The van der Waals surface area contributed by atoms with Crippen molar-refractivity contribution < 1.29 is 4.74 Å². The van der Waals surface area contributed by atoms with Gasteiger partial charge in [-0.05, 0) is 77.9 Å². The van der Waals surface area contributed by atoms with Gasteiger partial charge in [0.05, 0.1) is 29.5 Å². The van der Waals surface area contributed by atoms with E-state index >= 15 is 0 Å². The fourth-order valence-electron chi connectivity index (χ4n) is 4.98. The number of H-pyrrole nitrogens is 1. The molecule has 0 atom stereocenters. The summed E-state index contributed by atoms with van der Waals surface area (Å²) in [7, 11) is 0. The van der Waals surface area contributed by atoms with Gasteiger partial charge in [0.2, 0.25) is 4.77 Å². The van der Waals surface area contributed by atoms with Gasteiger partial charge in [-0.3, -0.25) is 0 Å². The van der Waals surface area contributed by atoms with Gasteiger partial charge in [-0.15, -0.1) is 6.42 Å². The number of hydrogen-bond acceptors (Lipinski definition) is 8. The monoisotopic (exact) mass is 644 g/mol. The summed E-state index contributed by atoms with van der Waals surface area (Å²) in [5, 5.41) is 2.04. The summed E-state index contributed by atoms with van der Waals surface area (Å²) in [6, 6.07) is 28.4. The molecule has 7 nitrogen and oxygen atoms in total. The zero-order chi connectivity index (χ0) is 31.3. The molecule has 0 amide bonds. The van der Waals surface area contributed by atoms with E-state index in [1.165, 1.54) is 17.3 Å². The molecule has 0 spiro atoms. The number of aromatic nitrogens is 6. The lowest BCUT2D eigenvalue weighted by atomic mass is 9.99. The SMILES string of the molecule is C#CCOc1ccc2c(c1)c(-c1ccc(C(C)C)cc1)nc(=S)n2Cc1ccc2nsnc2c1.S=c1ncc2ccccc2[nH]1. The van der Waals surface area contributed by atoms with Crippen LogP contribution < -0.4 is 4.74 Å². The molecule has 0 aliphatic rings. The van der Waals surface area contributed by atoms with Crippen molar-refractivity contribution in [3.05, 3.63) is 112 Å². The molecule has 0 unspecified atom stereocenters. The Labute approximate surface area is 274 Å². The van der Waals surface area contributed by atoms with Gasteiger partial charge in [0.25, 0.3) is 0 Å². The van der Waals surface area contributed by atoms with Crippen LogP contribution in [0.1, 0.15) is 30.9 Å². The van der Waals surface area contributed by atoms with Crippen LogP contribution in [0.25, 0.3) is 44.1 Å². The Balaban J connectivity index is 0.000000272. The summed E-state index contributed by atoms with van der Waals surface area (Å²) in [5.74, 6) is 3.68. The third-order valence-corrected chi connectivity index (χ3v) is 8.38. The molecule has 7 rings (SSSR count). The molecule has 7 aromatic rings. The van der Waals surface area contributed by atoms with Crippen LogP contribution in [0.4, 0.5) is 0 Å². The largest absolute Gasteiger partial charge is 0.481 e. The summed E-state index contributed by atoms with van der Waals surface area (Å²) < 4.78 is 17.5. The molecular weight excluding hydrogens is 617 g/mol. The second kappa shape index (κ2) is 13.4. The van der Waals surface area contributed by atoms with Gasteiger partial charge in [0.1, 0.15) is 23.4 Å². The number of nitrogens with zero attached hydrogens (tertiary/aromatic N) is 5. The van der Waals surface area contributed by atoms with Crippen molar-refractivity contribution in [3.8, 4) is 29.4 Å². The second-order valence-electron chi connectivity index (χ2n) is 10.6. The maximum Gasteiger partial charge on any atom is 0.200 e. The number of rotatable bonds is 6. The Hall–Kier alpha value is -4.82. The van der Waals surface area contributed by atoms with E-state index in [1.807, 2.05) is 53.1 Å². The minimum atomic E-state index is 0.207. The van der Waals surface area contributed by atoms with Crippen molar-refractivity contribution in [1.82, 2.24) is 28.3 Å². The Morgan fingerprint density at radius 2 is 1.76 bits per heavy atom. The van der Waals surface area contributed by atoms with Crippen molar-refractivity contribution >= 4 is 69.0 Å². The van der Waals surface area contributed by atoms with Gasteiger partial charge in [-0.25, -0.2) is 9.97 Å². The van der Waals surface area contributed by atoms with Gasteiger partial charge >= 0.3 is 0 Å². The topological polar surface area (TPSA) is 81.5 Å². The number of para-hydroxylation sites is 1. The molecule has 10 heteroatoms. The van der Waals surface area contributed by atoms with Crippen molar-refractivity contribution in [3.63, 3.8) is 0 Å². The number of terminal acetylenes is 1. The van der Waals surface area contributed by atoms with Gasteiger partial charge in [0.15, 0.2) is 4.77 Å². The molecular formula is C35H28N6OS3. The molecule has 0 bridgehead atoms. The van der Waals surface area contributed by atoms with E-state index in [9.17, 15) is 0 Å². The van der Waals surface area contributed by atoms with Crippen LogP contribution in [-0.2, 0) is 6.54 Å². The van der Waals surface area contributed by atoms with Gasteiger partial charge in [-0.2, -0.15) is 8.75 Å². The lowest BCUT2D eigenvalue weighted by Gasteiger charge is -2.16. The molecule has 222 valence electrons. The zero-order valence-electron chi connectivity index (χ0n) is 24.6. The lowest BCUT2D eigenvalue weighted by molar-refractivity contribution is 0.371. The molecule has 3 aromatic heterocycles. The Kier molecular flexibility index (Phi) is 9.03. The summed E-state index contributed by atoms with van der Waals surface area (Å²) in [5.41, 5.74) is 8.01. The quantitative estimate of drug-likeness (QED) is 0.143. The smallest absolute Gasteiger partial charge is 0.200 e. The first kappa shape index (κ1) is 30.2. The van der Waals surface area contributed by atoms with E-state index in [1.54, 1.807) is 6.20 Å². The van der Waals surface area contributed by atoms with Crippen molar-refractivity contribution in [2.24, 2.45) is 0 Å². The van der Waals surface area contributed by atoms with Crippen LogP contribution in [0.15, 0.2) is 91.1 Å². The number of ether oxygens (including phenoxy) is 1. The molecule has 0 fully saturated rings. The number of nitrogens with one attached hydrogen (secondary N) is 1. The molecule has 45 heavy (non-hydrogen) atoms. The molecule has 4 aromatic carbocycles. The van der Waals surface area contributed by atoms with Gasteiger partial charge < -0.3 is 14.3 Å². The van der Waals surface area contributed by atoms with E-state index in [0.29, 0.717) is 27.8 Å². The average Bonchev–Trinajstić information content (AvgIpc) is 3.53. The first-order valence-corrected chi connectivity index (χ1v) is 15.8. The van der Waals surface area contributed by atoms with Crippen LogP contribution in [0.5, 0.6) is 5.75 Å². The summed E-state index contributed by atoms with van der Waals surface area (Å²) >= 11 is 11.9. The Bertz CT molecular complexity index is 2300. The Morgan fingerprint density at radius 1 is 0.956 bits per heavy atom. The fourth-order valence-corrected chi connectivity index (χ4v) is 5.91. The summed E-state index contributed by atoms with van der Waals surface area (Å²) in [6.45, 7) is 5.15. The molecule has 1 N–H and O–H groups in total. The predicted octanol–water partition coefficient (Wildman–Crippen LogP) is 8.91. The highest BCUT2D eigenvalue weighted by molar-refractivity contribution is 7.71. The summed E-state index contributed by atoms with van der Waals surface area (Å²) in [6.07, 6.45) is 7.17. The highest BCUT2D eigenvalue weighted by Gasteiger charge is 2.14. The van der Waals surface area contributed by atoms with Gasteiger partial charge in [-0.1, -0.05) is 68.3 Å². The average molecular weight is 645 g/mol. The predicted molar refractivity (Wildman–Crippen MR) is 188 cm³/mol. The second-order valence-corrected chi connectivity index (χ2v) is 11.9. The number of benzene rings is 4. The van der Waals surface area contributed by atoms with Crippen molar-refractivity contribution in [2.75, 3.05) is 6.61 Å². The lowest BCUT2D eigenvalue weighted by Crippen LogP contribution is -2.07. The normalized spacial score (nSPS) is 11.0. The van der Waals surface area contributed by atoms with E-state index in [0.717, 1.165) is 49.7 Å². The molecule has 0 saturated carbocycles. The Morgan fingerprint density at radius 3 is 2.56 bits per heavy atom. The molecule has 3 heterocycles. The van der Waals surface area contributed by atoms with E-state index in [4.69, 9.17) is 40.6 Å². The molecule has 0 saturated heterocycles. The number of hydrogen-bond donors (Lipinski definition) is 1. The first-order chi connectivity index (χ1) is 21.9. The van der Waals surface area contributed by atoms with Crippen LogP contribution in [-0.4, -0.2) is 34.9 Å². The maximum atomic E-state index is 5.78. The van der Waals surface area contributed by atoms with E-state index in [2.05, 4.69) is 74.9 Å². The van der Waals surface area contributed by atoms with Crippen LogP contribution >= 0.6 is 36.2 Å². The molecule has 0 aliphatic heterocycles. The minimum Gasteiger partial charge on any atom is -0.481 e. The number of fused-ring (bicyclic) bond motifs is 3. The van der Waals surface area contributed by atoms with E-state index in [-0.39, 0.29) is 6.61 Å². The summed E-state index contributed by atoms with van der Waals surface area (Å²) in [4.78, 5) is 11.8. The van der Waals surface area contributed by atoms with E-state index < -0.39 is 0 Å².